The van der Waals surface area contributed by atoms with E-state index in [9.17, 15) is 14.4 Å². The molecular formula is C23H29N3O7. The second-order valence-corrected chi connectivity index (χ2v) is 6.56. The molecule has 0 atom stereocenters. The number of nitrogens with one attached hydrogen (secondary N) is 2. The molecule has 0 radical (unpaired) electrons. The van der Waals surface area contributed by atoms with E-state index in [1.807, 2.05) is 12.1 Å². The van der Waals surface area contributed by atoms with Crippen LogP contribution < -0.4 is 20.3 Å². The highest BCUT2D eigenvalue weighted by molar-refractivity contribution is 5.98. The molecule has 0 unspecified atom stereocenters. The molecule has 0 fully saturated rings. The van der Waals surface area contributed by atoms with Gasteiger partial charge in [0.25, 0.3) is 0 Å². The van der Waals surface area contributed by atoms with Crippen LogP contribution >= 0.6 is 0 Å². The molecule has 0 spiro atoms. The molecule has 2 aromatic rings. The molecule has 0 aromatic heterocycles. The topological polar surface area (TPSA) is 115 Å². The summed E-state index contributed by atoms with van der Waals surface area (Å²) in [7, 11) is 1.57. The lowest BCUT2D eigenvalue weighted by Gasteiger charge is -2.25. The van der Waals surface area contributed by atoms with Crippen molar-refractivity contribution < 1.29 is 33.3 Å². The van der Waals surface area contributed by atoms with Crippen LogP contribution in [-0.4, -0.2) is 45.2 Å². The number of hydrogen-bond donors (Lipinski definition) is 2. The number of methoxy groups -OCH3 is 1. The molecule has 0 saturated carbocycles. The van der Waals surface area contributed by atoms with Crippen molar-refractivity contribution in [1.82, 2.24) is 0 Å². The number of nitrogens with zero attached hydrogens (tertiary/aromatic N) is 1. The molecule has 3 amide bonds. The van der Waals surface area contributed by atoms with Crippen LogP contribution in [-0.2, 0) is 20.8 Å². The van der Waals surface area contributed by atoms with Gasteiger partial charge in [-0.1, -0.05) is 12.1 Å². The largest absolute Gasteiger partial charge is 0.497 e. The quantitative estimate of drug-likeness (QED) is 0.507. The van der Waals surface area contributed by atoms with Gasteiger partial charge in [0.2, 0.25) is 0 Å². The molecule has 2 rings (SSSR count). The first-order valence-corrected chi connectivity index (χ1v) is 10.5. The fourth-order valence-electron chi connectivity index (χ4n) is 2.87. The van der Waals surface area contributed by atoms with Crippen LogP contribution in [0.2, 0.25) is 0 Å². The maximum atomic E-state index is 12.8. The number of rotatable bonds is 9. The van der Waals surface area contributed by atoms with E-state index in [0.717, 1.165) is 5.56 Å². The second-order valence-electron chi connectivity index (χ2n) is 6.56. The van der Waals surface area contributed by atoms with Gasteiger partial charge in [-0.05, 0) is 56.7 Å². The Hall–Kier alpha value is -3.95. The molecule has 10 heteroatoms. The molecule has 10 nitrogen and oxygen atoms in total. The number of anilines is 3. The van der Waals surface area contributed by atoms with E-state index < -0.39 is 18.3 Å². The molecule has 33 heavy (non-hydrogen) atoms. The summed E-state index contributed by atoms with van der Waals surface area (Å²) >= 11 is 0. The van der Waals surface area contributed by atoms with E-state index in [-0.39, 0.29) is 32.1 Å². The fourth-order valence-corrected chi connectivity index (χ4v) is 2.87. The monoisotopic (exact) mass is 459 g/mol. The zero-order valence-corrected chi connectivity index (χ0v) is 19.2. The van der Waals surface area contributed by atoms with Crippen molar-refractivity contribution in [2.75, 3.05) is 42.5 Å². The summed E-state index contributed by atoms with van der Waals surface area (Å²) in [5, 5.41) is 5.19. The van der Waals surface area contributed by atoms with E-state index in [4.69, 9.17) is 18.9 Å². The number of amides is 3. The standard InChI is InChI=1S/C23H29N3O7/c1-5-31-21(27)24-17-10-13-20(19(14-17)25-22(28)32-6-2)26(23(29)33-7-3)15-16-8-11-18(30-4)12-9-16/h8-14H,5-7,15H2,1-4H3,(H,24,27)(H,25,28). The summed E-state index contributed by atoms with van der Waals surface area (Å²) in [6, 6.07) is 11.9. The Labute approximate surface area is 192 Å². The van der Waals surface area contributed by atoms with Crippen LogP contribution in [0.25, 0.3) is 0 Å². The van der Waals surface area contributed by atoms with Crippen LogP contribution in [0.5, 0.6) is 5.75 Å². The van der Waals surface area contributed by atoms with Crippen LogP contribution in [0, 0.1) is 0 Å². The lowest BCUT2D eigenvalue weighted by molar-refractivity contribution is 0.159. The predicted molar refractivity (Wildman–Crippen MR) is 124 cm³/mol. The third kappa shape index (κ3) is 7.60. The minimum Gasteiger partial charge on any atom is -0.497 e. The SMILES string of the molecule is CCOC(=O)Nc1ccc(N(Cc2ccc(OC)cc2)C(=O)OCC)c(NC(=O)OCC)c1. The number of ether oxygens (including phenoxy) is 4. The van der Waals surface area contributed by atoms with Gasteiger partial charge in [-0.3, -0.25) is 15.5 Å². The highest BCUT2D eigenvalue weighted by Gasteiger charge is 2.22. The number of carbonyl (C=O) groups excluding carboxylic acids is 3. The van der Waals surface area contributed by atoms with Gasteiger partial charge < -0.3 is 18.9 Å². The third-order valence-electron chi connectivity index (χ3n) is 4.31. The van der Waals surface area contributed by atoms with Crippen molar-refractivity contribution in [3.63, 3.8) is 0 Å². The zero-order valence-electron chi connectivity index (χ0n) is 19.2. The summed E-state index contributed by atoms with van der Waals surface area (Å²) in [5.74, 6) is 0.681. The van der Waals surface area contributed by atoms with Crippen molar-refractivity contribution in [2.24, 2.45) is 0 Å². The van der Waals surface area contributed by atoms with E-state index in [0.29, 0.717) is 17.1 Å². The Morgan fingerprint density at radius 3 is 2.00 bits per heavy atom. The highest BCUT2D eigenvalue weighted by Crippen LogP contribution is 2.32. The molecule has 0 aliphatic heterocycles. The first-order chi connectivity index (χ1) is 15.9. The second kappa shape index (κ2) is 12.8. The molecule has 0 aliphatic rings. The van der Waals surface area contributed by atoms with Gasteiger partial charge in [-0.15, -0.1) is 0 Å². The van der Waals surface area contributed by atoms with E-state index >= 15 is 0 Å². The van der Waals surface area contributed by atoms with Gasteiger partial charge in [0.05, 0.1) is 44.8 Å². The average Bonchev–Trinajstić information content (AvgIpc) is 2.79. The third-order valence-corrected chi connectivity index (χ3v) is 4.31. The minimum absolute atomic E-state index is 0.158. The Morgan fingerprint density at radius 1 is 0.818 bits per heavy atom. The molecule has 0 heterocycles. The van der Waals surface area contributed by atoms with Gasteiger partial charge in [0.1, 0.15) is 5.75 Å². The smallest absolute Gasteiger partial charge is 0.414 e. The van der Waals surface area contributed by atoms with Crippen molar-refractivity contribution in [3.05, 3.63) is 48.0 Å². The summed E-state index contributed by atoms with van der Waals surface area (Å²) in [5.41, 5.74) is 1.76. The molecule has 178 valence electrons. The fraction of sp³-hybridized carbons (Fsp3) is 0.348. The van der Waals surface area contributed by atoms with Gasteiger partial charge >= 0.3 is 18.3 Å². The van der Waals surface area contributed by atoms with Crippen molar-refractivity contribution in [2.45, 2.75) is 27.3 Å². The van der Waals surface area contributed by atoms with Gasteiger partial charge in [-0.2, -0.15) is 0 Å². The van der Waals surface area contributed by atoms with E-state index in [1.165, 1.54) is 11.0 Å². The lowest BCUT2D eigenvalue weighted by Crippen LogP contribution is -2.32. The first-order valence-electron chi connectivity index (χ1n) is 10.5. The zero-order chi connectivity index (χ0) is 24.2. The highest BCUT2D eigenvalue weighted by atomic mass is 16.6. The Kier molecular flexibility index (Phi) is 9.81. The molecule has 0 aliphatic carbocycles. The average molecular weight is 459 g/mol. The van der Waals surface area contributed by atoms with Crippen LogP contribution in [0.1, 0.15) is 26.3 Å². The first kappa shape index (κ1) is 25.3. The number of carbonyl (C=O) groups is 3. The van der Waals surface area contributed by atoms with Crippen molar-refractivity contribution in [3.8, 4) is 5.75 Å². The van der Waals surface area contributed by atoms with E-state index in [1.54, 1.807) is 52.1 Å². The maximum Gasteiger partial charge on any atom is 0.414 e. The summed E-state index contributed by atoms with van der Waals surface area (Å²) < 4.78 is 20.3. The summed E-state index contributed by atoms with van der Waals surface area (Å²) in [6.07, 6.45) is -1.96. The Bertz CT molecular complexity index is 948. The van der Waals surface area contributed by atoms with Crippen LogP contribution in [0.3, 0.4) is 0 Å². The Balaban J connectivity index is 2.45. The van der Waals surface area contributed by atoms with Crippen LogP contribution in [0.15, 0.2) is 42.5 Å². The summed E-state index contributed by atoms with van der Waals surface area (Å²) in [4.78, 5) is 38.2. The maximum absolute atomic E-state index is 12.8. The van der Waals surface area contributed by atoms with Crippen molar-refractivity contribution in [1.29, 1.82) is 0 Å². The van der Waals surface area contributed by atoms with Gasteiger partial charge in [0.15, 0.2) is 0 Å². The Morgan fingerprint density at radius 2 is 1.42 bits per heavy atom. The number of benzene rings is 2. The number of hydrogen-bond acceptors (Lipinski definition) is 7. The lowest BCUT2D eigenvalue weighted by atomic mass is 10.1. The summed E-state index contributed by atoms with van der Waals surface area (Å²) in [6.45, 7) is 5.76. The molecule has 0 saturated heterocycles. The predicted octanol–water partition coefficient (Wildman–Crippen LogP) is 5.00. The molecule has 0 bridgehead atoms. The van der Waals surface area contributed by atoms with Crippen molar-refractivity contribution >= 4 is 35.3 Å². The molecule has 2 aromatic carbocycles. The normalized spacial score (nSPS) is 10.1. The van der Waals surface area contributed by atoms with Crippen LogP contribution in [0.4, 0.5) is 31.4 Å². The minimum atomic E-state index is -0.708. The molecule has 2 N–H and O–H groups in total. The van der Waals surface area contributed by atoms with Gasteiger partial charge in [-0.25, -0.2) is 14.4 Å². The van der Waals surface area contributed by atoms with E-state index in [2.05, 4.69) is 10.6 Å². The molecular weight excluding hydrogens is 430 g/mol. The van der Waals surface area contributed by atoms with Gasteiger partial charge in [0, 0.05) is 5.69 Å².